The number of ether oxygens (including phenoxy) is 1. The Hall–Kier alpha value is -5.49. The van der Waals surface area contributed by atoms with Gasteiger partial charge in [0.25, 0.3) is 0 Å². The zero-order chi connectivity index (χ0) is 36.0. The number of nitriles is 1. The number of rotatable bonds is 13. The molecular weight excluding hydrogens is 685 g/mol. The molecule has 0 bridgehead atoms. The molecule has 4 N–H and O–H groups in total. The van der Waals surface area contributed by atoms with Gasteiger partial charge in [0.05, 0.1) is 29.1 Å². The van der Waals surface area contributed by atoms with Crippen LogP contribution in [0.25, 0.3) is 22.7 Å². The molecule has 0 aliphatic carbocycles. The maximum Gasteiger partial charge on any atom is 0.320 e. The lowest BCUT2D eigenvalue weighted by molar-refractivity contribution is 0.202. The number of phenolic OH excluding ortho intramolecular Hbond substituents is 1. The number of fused-ring (bicyclic) bond motifs is 1. The van der Waals surface area contributed by atoms with Gasteiger partial charge in [-0.1, -0.05) is 55.9 Å². The number of carbonyl (C=O) groups is 1. The molecule has 3 aromatic carbocycles. The summed E-state index contributed by atoms with van der Waals surface area (Å²) in [5, 5.41) is 48.3. The third-order valence-electron chi connectivity index (χ3n) is 7.99. The first kappa shape index (κ1) is 35.3. The molecule has 3 aromatic heterocycles. The Morgan fingerprint density at radius 2 is 1.84 bits per heavy atom. The summed E-state index contributed by atoms with van der Waals surface area (Å²) in [6.45, 7) is 4.49. The summed E-state index contributed by atoms with van der Waals surface area (Å²) in [5.41, 5.74) is 3.46. The molecule has 6 aromatic rings. The normalized spacial score (nSPS) is 11.4. The molecule has 6 rings (SSSR count). The number of aliphatic hydroxyl groups is 1. The van der Waals surface area contributed by atoms with Crippen molar-refractivity contribution in [3.05, 3.63) is 108 Å². The summed E-state index contributed by atoms with van der Waals surface area (Å²) in [6.07, 6.45) is 4.00. The summed E-state index contributed by atoms with van der Waals surface area (Å²) in [7, 11) is 0. The van der Waals surface area contributed by atoms with Gasteiger partial charge < -0.3 is 20.3 Å². The molecule has 3 heterocycles. The van der Waals surface area contributed by atoms with E-state index >= 15 is 0 Å². The maximum atomic E-state index is 13.4. The number of para-hydroxylation sites is 1. The Morgan fingerprint density at radius 3 is 2.65 bits per heavy atom. The van der Waals surface area contributed by atoms with Gasteiger partial charge in [-0.2, -0.15) is 22.1 Å². The number of aromatic hydroxyl groups is 1. The smallest absolute Gasteiger partial charge is 0.320 e. The Bertz CT molecular complexity index is 2230. The lowest BCUT2D eigenvalue weighted by Crippen LogP contribution is -2.29. The number of thioether (sulfide) groups is 1. The molecule has 0 aliphatic rings. The minimum Gasteiger partial charge on any atom is -0.507 e. The predicted octanol–water partition coefficient (Wildman–Crippen LogP) is 6.64. The van der Waals surface area contributed by atoms with Gasteiger partial charge in [-0.05, 0) is 60.4 Å². The highest BCUT2D eigenvalue weighted by molar-refractivity contribution is 7.99. The minimum atomic E-state index is -0.429. The van der Waals surface area contributed by atoms with Gasteiger partial charge in [-0.15, -0.1) is 10.2 Å². The number of hydrogen-bond donors (Lipinski definition) is 4. The van der Waals surface area contributed by atoms with E-state index in [-0.39, 0.29) is 36.5 Å². The van der Waals surface area contributed by atoms with Crippen molar-refractivity contribution in [1.29, 1.82) is 5.26 Å². The van der Waals surface area contributed by atoms with Crippen molar-refractivity contribution in [2.24, 2.45) is 0 Å². The summed E-state index contributed by atoms with van der Waals surface area (Å²) in [4.78, 5) is 15.3. The molecule has 260 valence electrons. The fourth-order valence-corrected chi connectivity index (χ4v) is 7.27. The third-order valence-corrected chi connectivity index (χ3v) is 10.1. The average Bonchev–Trinajstić information content (AvgIpc) is 3.75. The molecule has 0 atom stereocenters. The number of pyridine rings is 1. The maximum absolute atomic E-state index is 13.4. The van der Waals surface area contributed by atoms with Gasteiger partial charge in [0.2, 0.25) is 0 Å². The molecule has 0 spiro atoms. The monoisotopic (exact) mass is 720 g/mol. The summed E-state index contributed by atoms with van der Waals surface area (Å²) in [6, 6.07) is 27.3. The Labute approximate surface area is 303 Å². The molecule has 0 unspecified atom stereocenters. The number of anilines is 1. The Balaban J connectivity index is 1.21. The zero-order valence-corrected chi connectivity index (χ0v) is 29.8. The van der Waals surface area contributed by atoms with Gasteiger partial charge in [0, 0.05) is 39.8 Å². The number of aromatic nitrogens is 5. The van der Waals surface area contributed by atoms with Crippen LogP contribution < -0.4 is 15.4 Å². The summed E-state index contributed by atoms with van der Waals surface area (Å²) >= 11 is 3.25. The second-order valence-corrected chi connectivity index (χ2v) is 14.1. The van der Waals surface area contributed by atoms with Crippen LogP contribution in [0.15, 0.2) is 101 Å². The summed E-state index contributed by atoms with van der Waals surface area (Å²) in [5.74, 6) is 2.32. The highest BCUT2D eigenvalue weighted by Gasteiger charge is 2.26. The van der Waals surface area contributed by atoms with Crippen molar-refractivity contribution < 1.29 is 19.7 Å². The minimum absolute atomic E-state index is 0.0993. The third kappa shape index (κ3) is 7.96. The standard InChI is InChI=1S/C37H36N8O4S2/c1-37(2,23-50-3)32-19-34(45(43-32)26-12-14-29(47)25(18-26)20-38)40-36(48)39-21-24-8-4-7-11-31(24)51-27-13-15-33-41-42-35(44(33)22-27)28-9-5-6-10-30(28)49-17-16-46/h4-15,18-19,22,46-47H,16-17,21,23H2,1-3H3,(H2,39,40,48). The lowest BCUT2D eigenvalue weighted by atomic mass is 9.92. The van der Waals surface area contributed by atoms with Crippen LogP contribution in [-0.2, 0) is 12.0 Å². The zero-order valence-electron chi connectivity index (χ0n) is 28.2. The number of hydrogen-bond acceptors (Lipinski definition) is 10. The van der Waals surface area contributed by atoms with E-state index < -0.39 is 6.03 Å². The van der Waals surface area contributed by atoms with E-state index in [2.05, 4.69) is 34.7 Å². The van der Waals surface area contributed by atoms with E-state index in [0.29, 0.717) is 28.7 Å². The average molecular weight is 721 g/mol. The quantitative estimate of drug-likeness (QED) is 0.102. The van der Waals surface area contributed by atoms with Crippen LogP contribution in [0.2, 0.25) is 0 Å². The molecule has 0 fully saturated rings. The van der Waals surface area contributed by atoms with Crippen molar-refractivity contribution in [1.82, 2.24) is 29.7 Å². The van der Waals surface area contributed by atoms with Crippen LogP contribution in [0.1, 0.15) is 30.7 Å². The molecule has 2 amide bonds. The first-order valence-electron chi connectivity index (χ1n) is 16.0. The highest BCUT2D eigenvalue weighted by Crippen LogP contribution is 2.34. The number of urea groups is 1. The molecule has 0 saturated carbocycles. The second-order valence-electron chi connectivity index (χ2n) is 12.2. The Morgan fingerprint density at radius 1 is 1.04 bits per heavy atom. The van der Waals surface area contributed by atoms with Gasteiger partial charge >= 0.3 is 6.03 Å². The molecule has 51 heavy (non-hydrogen) atoms. The van der Waals surface area contributed by atoms with E-state index in [1.165, 1.54) is 12.1 Å². The molecule has 0 radical (unpaired) electrons. The van der Waals surface area contributed by atoms with Crippen molar-refractivity contribution in [3.8, 4) is 34.6 Å². The molecule has 0 saturated heterocycles. The van der Waals surface area contributed by atoms with Crippen LogP contribution in [0.4, 0.5) is 10.6 Å². The van der Waals surface area contributed by atoms with Crippen LogP contribution in [0.5, 0.6) is 11.5 Å². The van der Waals surface area contributed by atoms with Crippen LogP contribution in [-0.4, -0.2) is 65.8 Å². The van der Waals surface area contributed by atoms with Gasteiger partial charge in [0.1, 0.15) is 30.0 Å². The van der Waals surface area contributed by atoms with Crippen LogP contribution in [0, 0.1) is 11.3 Å². The molecular formula is C37H36N8O4S2. The fourth-order valence-electron chi connectivity index (χ4n) is 5.44. The number of nitrogens with one attached hydrogen (secondary N) is 2. The van der Waals surface area contributed by atoms with Gasteiger partial charge in [-0.3, -0.25) is 9.72 Å². The fraction of sp³-hybridized carbons (Fsp3) is 0.216. The van der Waals surface area contributed by atoms with Crippen molar-refractivity contribution in [2.75, 3.05) is 30.5 Å². The first-order chi connectivity index (χ1) is 24.7. The van der Waals surface area contributed by atoms with E-state index in [9.17, 15) is 20.3 Å². The van der Waals surface area contributed by atoms with Crippen LogP contribution in [0.3, 0.4) is 0 Å². The van der Waals surface area contributed by atoms with E-state index in [1.807, 2.05) is 89.7 Å². The molecule has 14 heteroatoms. The largest absolute Gasteiger partial charge is 0.507 e. The number of phenols is 1. The second kappa shape index (κ2) is 15.6. The number of amides is 2. The lowest BCUT2D eigenvalue weighted by Gasteiger charge is -2.20. The number of benzene rings is 3. The summed E-state index contributed by atoms with van der Waals surface area (Å²) < 4.78 is 9.23. The van der Waals surface area contributed by atoms with Gasteiger partial charge in [0.15, 0.2) is 11.5 Å². The SMILES string of the molecule is CSCC(C)(C)c1cc(NC(=O)NCc2ccccc2Sc2ccc3nnc(-c4ccccc4OCCO)n3c2)n(-c2ccc(O)c(C#N)c2)n1. The topological polar surface area (TPSA) is 163 Å². The number of nitrogens with zero attached hydrogens (tertiary/aromatic N) is 6. The van der Waals surface area contributed by atoms with E-state index in [0.717, 1.165) is 32.4 Å². The highest BCUT2D eigenvalue weighted by atomic mass is 32.2. The Kier molecular flexibility index (Phi) is 10.8. The number of aliphatic hydroxyl groups excluding tert-OH is 1. The van der Waals surface area contributed by atoms with E-state index in [1.54, 1.807) is 34.3 Å². The van der Waals surface area contributed by atoms with Crippen LogP contribution >= 0.6 is 23.5 Å². The first-order valence-corrected chi connectivity index (χ1v) is 18.2. The van der Waals surface area contributed by atoms with Crippen molar-refractivity contribution in [3.63, 3.8) is 0 Å². The van der Waals surface area contributed by atoms with Crippen molar-refractivity contribution >= 4 is 41.0 Å². The van der Waals surface area contributed by atoms with Crippen molar-refractivity contribution in [2.45, 2.75) is 35.6 Å². The molecule has 0 aliphatic heterocycles. The number of carbonyl (C=O) groups excluding carboxylic acids is 1. The van der Waals surface area contributed by atoms with E-state index in [4.69, 9.17) is 9.84 Å². The van der Waals surface area contributed by atoms with Gasteiger partial charge in [-0.25, -0.2) is 9.48 Å². The predicted molar refractivity (Wildman–Crippen MR) is 199 cm³/mol. The molecule has 12 nitrogen and oxygen atoms in total.